The fourth-order valence-electron chi connectivity index (χ4n) is 1.44. The Morgan fingerprint density at radius 2 is 2.28 bits per heavy atom. The number of aryl methyl sites for hydroxylation is 1. The number of rotatable bonds is 3. The number of carbonyl (C=O) groups is 1. The van der Waals surface area contributed by atoms with Crippen molar-refractivity contribution in [3.05, 3.63) is 45.8 Å². The maximum Gasteiger partial charge on any atom is 0.251 e. The van der Waals surface area contributed by atoms with Gasteiger partial charge in [-0.25, -0.2) is 0 Å². The lowest BCUT2D eigenvalue weighted by Gasteiger charge is -2.04. The minimum Gasteiger partial charge on any atom is -0.398 e. The average molecular weight is 310 g/mol. The van der Waals surface area contributed by atoms with E-state index < -0.39 is 0 Å². The maximum absolute atomic E-state index is 11.9. The highest BCUT2D eigenvalue weighted by molar-refractivity contribution is 9.10. The summed E-state index contributed by atoms with van der Waals surface area (Å²) < 4.78 is 5.61. The fourth-order valence-corrected chi connectivity index (χ4v) is 1.82. The molecule has 3 N–H and O–H groups in total. The molecule has 18 heavy (non-hydrogen) atoms. The minimum absolute atomic E-state index is 0.184. The summed E-state index contributed by atoms with van der Waals surface area (Å²) in [5.41, 5.74) is 7.48. The van der Waals surface area contributed by atoms with E-state index in [1.165, 1.54) is 0 Å². The van der Waals surface area contributed by atoms with Crippen molar-refractivity contribution < 1.29 is 9.32 Å². The van der Waals surface area contributed by atoms with Crippen molar-refractivity contribution in [2.45, 2.75) is 13.5 Å². The van der Waals surface area contributed by atoms with Gasteiger partial charge in [0.1, 0.15) is 11.5 Å². The molecule has 0 saturated heterocycles. The number of amides is 1. The Labute approximate surface area is 112 Å². The van der Waals surface area contributed by atoms with Gasteiger partial charge in [0.15, 0.2) is 0 Å². The molecule has 6 heteroatoms. The molecule has 1 aromatic carbocycles. The molecule has 0 aliphatic carbocycles. The first kappa shape index (κ1) is 12.6. The number of nitrogens with zero attached hydrogens (tertiary/aromatic N) is 1. The molecular formula is C12H12BrN3O2. The van der Waals surface area contributed by atoms with Gasteiger partial charge in [0, 0.05) is 21.8 Å². The molecule has 1 heterocycles. The molecular weight excluding hydrogens is 298 g/mol. The van der Waals surface area contributed by atoms with Gasteiger partial charge in [-0.05, 0) is 41.1 Å². The summed E-state index contributed by atoms with van der Waals surface area (Å²) in [7, 11) is 0. The van der Waals surface area contributed by atoms with Crippen LogP contribution in [0.25, 0.3) is 0 Å². The minimum atomic E-state index is -0.184. The summed E-state index contributed by atoms with van der Waals surface area (Å²) in [4.78, 5) is 11.9. The highest BCUT2D eigenvalue weighted by atomic mass is 79.9. The van der Waals surface area contributed by atoms with Gasteiger partial charge in [-0.3, -0.25) is 4.79 Å². The number of hydrogen-bond donors (Lipinski definition) is 2. The van der Waals surface area contributed by atoms with Gasteiger partial charge in [0.25, 0.3) is 5.91 Å². The zero-order valence-electron chi connectivity index (χ0n) is 9.74. The molecule has 2 aromatic rings. The van der Waals surface area contributed by atoms with E-state index in [2.05, 4.69) is 26.4 Å². The number of nitrogens with two attached hydrogens (primary N) is 1. The second kappa shape index (κ2) is 5.22. The number of hydrogen-bond acceptors (Lipinski definition) is 4. The molecule has 94 valence electrons. The van der Waals surface area contributed by atoms with Gasteiger partial charge in [-0.1, -0.05) is 5.16 Å². The van der Waals surface area contributed by atoms with Gasteiger partial charge < -0.3 is 15.6 Å². The third-order valence-electron chi connectivity index (χ3n) is 2.37. The van der Waals surface area contributed by atoms with Crippen LogP contribution in [0.15, 0.2) is 33.3 Å². The van der Waals surface area contributed by atoms with Crippen molar-refractivity contribution in [2.24, 2.45) is 0 Å². The highest BCUT2D eigenvalue weighted by Gasteiger charge is 2.08. The zero-order valence-corrected chi connectivity index (χ0v) is 11.3. The first-order valence-corrected chi connectivity index (χ1v) is 6.11. The maximum atomic E-state index is 11.9. The summed E-state index contributed by atoms with van der Waals surface area (Å²) in [6.07, 6.45) is 0. The van der Waals surface area contributed by atoms with Crippen LogP contribution in [0.5, 0.6) is 0 Å². The number of anilines is 1. The Bertz CT molecular complexity index is 580. The van der Waals surface area contributed by atoms with Crippen molar-refractivity contribution in [3.63, 3.8) is 0 Å². The summed E-state index contributed by atoms with van der Waals surface area (Å²) in [5, 5.41) is 6.55. The van der Waals surface area contributed by atoms with Crippen LogP contribution in [0.4, 0.5) is 5.69 Å². The van der Waals surface area contributed by atoms with Crippen LogP contribution in [0.1, 0.15) is 21.8 Å². The highest BCUT2D eigenvalue weighted by Crippen LogP contribution is 2.20. The third-order valence-corrected chi connectivity index (χ3v) is 3.06. The summed E-state index contributed by atoms with van der Waals surface area (Å²) in [6.45, 7) is 2.13. The Balaban J connectivity index is 2.01. The monoisotopic (exact) mass is 309 g/mol. The van der Waals surface area contributed by atoms with Crippen LogP contribution in [-0.4, -0.2) is 11.1 Å². The molecule has 1 amide bonds. The van der Waals surface area contributed by atoms with Gasteiger partial charge in [-0.15, -0.1) is 0 Å². The van der Waals surface area contributed by atoms with E-state index in [0.717, 1.165) is 5.76 Å². The summed E-state index contributed by atoms with van der Waals surface area (Å²) >= 11 is 3.28. The van der Waals surface area contributed by atoms with E-state index in [1.807, 2.05) is 0 Å². The van der Waals surface area contributed by atoms with Crippen molar-refractivity contribution >= 4 is 27.5 Å². The SMILES string of the molecule is Cc1cc(CNC(=O)c2ccc(N)c(Br)c2)no1. The predicted molar refractivity (Wildman–Crippen MR) is 71.0 cm³/mol. The van der Waals surface area contributed by atoms with Crippen molar-refractivity contribution in [2.75, 3.05) is 5.73 Å². The Morgan fingerprint density at radius 3 is 2.89 bits per heavy atom. The Morgan fingerprint density at radius 1 is 1.50 bits per heavy atom. The first-order chi connectivity index (χ1) is 8.56. The van der Waals surface area contributed by atoms with Crippen LogP contribution < -0.4 is 11.1 Å². The van der Waals surface area contributed by atoms with Gasteiger partial charge >= 0.3 is 0 Å². The number of nitrogen functional groups attached to an aromatic ring is 1. The van der Waals surface area contributed by atoms with Crippen molar-refractivity contribution in [1.82, 2.24) is 10.5 Å². The Hall–Kier alpha value is -1.82. The fraction of sp³-hybridized carbons (Fsp3) is 0.167. The van der Waals surface area contributed by atoms with Crippen LogP contribution in [0, 0.1) is 6.92 Å². The molecule has 2 rings (SSSR count). The largest absolute Gasteiger partial charge is 0.398 e. The zero-order chi connectivity index (χ0) is 13.1. The predicted octanol–water partition coefficient (Wildman–Crippen LogP) is 2.26. The van der Waals surface area contributed by atoms with Crippen molar-refractivity contribution in [3.8, 4) is 0 Å². The lowest BCUT2D eigenvalue weighted by molar-refractivity contribution is 0.0950. The van der Waals surface area contributed by atoms with Gasteiger partial charge in [0.05, 0.1) is 6.54 Å². The smallest absolute Gasteiger partial charge is 0.251 e. The quantitative estimate of drug-likeness (QED) is 0.852. The van der Waals surface area contributed by atoms with Crippen LogP contribution >= 0.6 is 15.9 Å². The standard InChI is InChI=1S/C12H12BrN3O2/c1-7-4-9(16-18-7)6-15-12(17)8-2-3-11(14)10(13)5-8/h2-5H,6,14H2,1H3,(H,15,17). The normalized spacial score (nSPS) is 10.3. The molecule has 0 saturated carbocycles. The second-order valence-electron chi connectivity index (χ2n) is 3.85. The van der Waals surface area contributed by atoms with E-state index in [4.69, 9.17) is 10.3 Å². The number of carbonyl (C=O) groups excluding carboxylic acids is 1. The molecule has 0 unspecified atom stereocenters. The van der Waals surface area contributed by atoms with Crippen LogP contribution in [0.2, 0.25) is 0 Å². The molecule has 0 radical (unpaired) electrons. The van der Waals surface area contributed by atoms with Crippen molar-refractivity contribution in [1.29, 1.82) is 0 Å². The van der Waals surface area contributed by atoms with Gasteiger partial charge in [0.2, 0.25) is 0 Å². The van der Waals surface area contributed by atoms with E-state index in [9.17, 15) is 4.79 Å². The molecule has 1 aromatic heterocycles. The van der Waals surface area contributed by atoms with E-state index in [0.29, 0.717) is 28.0 Å². The molecule has 0 fully saturated rings. The lowest BCUT2D eigenvalue weighted by Crippen LogP contribution is -2.22. The Kier molecular flexibility index (Phi) is 3.66. The van der Waals surface area contributed by atoms with Crippen LogP contribution in [-0.2, 0) is 6.54 Å². The molecule has 0 aliphatic heterocycles. The van der Waals surface area contributed by atoms with Crippen LogP contribution in [0.3, 0.4) is 0 Å². The van der Waals surface area contributed by atoms with E-state index >= 15 is 0 Å². The molecule has 0 bridgehead atoms. The molecule has 0 spiro atoms. The van der Waals surface area contributed by atoms with E-state index in [1.54, 1.807) is 31.2 Å². The second-order valence-corrected chi connectivity index (χ2v) is 4.70. The summed E-state index contributed by atoms with van der Waals surface area (Å²) in [5.74, 6) is 0.533. The topological polar surface area (TPSA) is 81.2 Å². The number of aromatic nitrogens is 1. The molecule has 0 aliphatic rings. The number of benzene rings is 1. The lowest BCUT2D eigenvalue weighted by atomic mass is 10.2. The van der Waals surface area contributed by atoms with Gasteiger partial charge in [-0.2, -0.15) is 0 Å². The average Bonchev–Trinajstić information content (AvgIpc) is 2.75. The molecule has 0 atom stereocenters. The molecule has 5 nitrogen and oxygen atoms in total. The summed E-state index contributed by atoms with van der Waals surface area (Å²) in [6, 6.07) is 6.81. The first-order valence-electron chi connectivity index (χ1n) is 5.31. The number of halogens is 1. The number of nitrogens with one attached hydrogen (secondary N) is 1. The third kappa shape index (κ3) is 2.89. The van der Waals surface area contributed by atoms with E-state index in [-0.39, 0.29) is 5.91 Å².